The van der Waals surface area contributed by atoms with Crippen LogP contribution in [0.25, 0.3) is 0 Å². The first kappa shape index (κ1) is 11.4. The molecule has 0 aliphatic carbocycles. The summed E-state index contributed by atoms with van der Waals surface area (Å²) >= 11 is 0. The lowest BCUT2D eigenvalue weighted by molar-refractivity contribution is -0.133. The second kappa shape index (κ2) is 3.76. The van der Waals surface area contributed by atoms with E-state index in [2.05, 4.69) is 5.43 Å². The molecule has 17 heavy (non-hydrogen) atoms. The van der Waals surface area contributed by atoms with Gasteiger partial charge in [-0.2, -0.15) is 0 Å². The molecule has 0 radical (unpaired) electrons. The zero-order valence-corrected chi connectivity index (χ0v) is 9.98. The Balaban J connectivity index is 2.30. The van der Waals surface area contributed by atoms with Crippen LogP contribution in [0.1, 0.15) is 13.8 Å². The summed E-state index contributed by atoms with van der Waals surface area (Å²) in [4.78, 5) is 23.6. The van der Waals surface area contributed by atoms with E-state index in [0.717, 1.165) is 0 Å². The molecule has 0 spiro atoms. The van der Waals surface area contributed by atoms with Crippen molar-refractivity contribution < 1.29 is 14.3 Å². The SMILES string of the molecule is COc1ccc(N2NC(=O)C(C)(C)C2=O)cc1. The van der Waals surface area contributed by atoms with Crippen LogP contribution in [0.3, 0.4) is 0 Å². The van der Waals surface area contributed by atoms with Crippen LogP contribution in [0, 0.1) is 5.41 Å². The minimum absolute atomic E-state index is 0.257. The van der Waals surface area contributed by atoms with Gasteiger partial charge in [-0.1, -0.05) is 0 Å². The highest BCUT2D eigenvalue weighted by Gasteiger charge is 2.47. The van der Waals surface area contributed by atoms with E-state index in [9.17, 15) is 9.59 Å². The highest BCUT2D eigenvalue weighted by Crippen LogP contribution is 2.29. The Bertz CT molecular complexity index is 465. The fourth-order valence-corrected chi connectivity index (χ4v) is 1.58. The first-order chi connectivity index (χ1) is 7.96. The van der Waals surface area contributed by atoms with Gasteiger partial charge in [0.25, 0.3) is 11.8 Å². The molecule has 2 rings (SSSR count). The predicted molar refractivity (Wildman–Crippen MR) is 62.4 cm³/mol. The summed E-state index contributed by atoms with van der Waals surface area (Å²) in [5.41, 5.74) is 2.16. The lowest BCUT2D eigenvalue weighted by Gasteiger charge is -2.16. The standard InChI is InChI=1S/C12H14N2O3/c1-12(2)10(15)13-14(11(12)16)8-4-6-9(17-3)7-5-8/h4-7H,1-3H3,(H,13,15). The molecule has 0 saturated carbocycles. The molecule has 0 atom stereocenters. The van der Waals surface area contributed by atoms with E-state index in [4.69, 9.17) is 4.74 Å². The number of anilines is 1. The maximum atomic E-state index is 12.0. The lowest BCUT2D eigenvalue weighted by Crippen LogP contribution is -2.36. The van der Waals surface area contributed by atoms with Crippen LogP contribution in [0.2, 0.25) is 0 Å². The normalized spacial score (nSPS) is 18.2. The first-order valence-electron chi connectivity index (χ1n) is 5.26. The number of benzene rings is 1. The van der Waals surface area contributed by atoms with Crippen LogP contribution < -0.4 is 15.2 Å². The first-order valence-corrected chi connectivity index (χ1v) is 5.26. The van der Waals surface area contributed by atoms with Gasteiger partial charge in [-0.15, -0.1) is 0 Å². The molecular formula is C12H14N2O3. The Morgan fingerprint density at radius 2 is 1.76 bits per heavy atom. The van der Waals surface area contributed by atoms with Crippen molar-refractivity contribution in [3.05, 3.63) is 24.3 Å². The summed E-state index contributed by atoms with van der Waals surface area (Å²) in [6.45, 7) is 3.21. The van der Waals surface area contributed by atoms with E-state index in [1.54, 1.807) is 45.2 Å². The van der Waals surface area contributed by atoms with Crippen molar-refractivity contribution in [2.24, 2.45) is 5.41 Å². The van der Waals surface area contributed by atoms with Crippen LogP contribution in [-0.2, 0) is 9.59 Å². The number of ether oxygens (including phenoxy) is 1. The van der Waals surface area contributed by atoms with Gasteiger partial charge in [-0.05, 0) is 38.1 Å². The van der Waals surface area contributed by atoms with Gasteiger partial charge in [0.05, 0.1) is 12.8 Å². The molecule has 5 nitrogen and oxygen atoms in total. The minimum atomic E-state index is -1.01. The maximum Gasteiger partial charge on any atom is 0.260 e. The second-order valence-electron chi connectivity index (χ2n) is 4.40. The Labute approximate surface area is 99.3 Å². The largest absolute Gasteiger partial charge is 0.497 e. The summed E-state index contributed by atoms with van der Waals surface area (Å²) in [6.07, 6.45) is 0. The smallest absolute Gasteiger partial charge is 0.260 e. The highest BCUT2D eigenvalue weighted by atomic mass is 16.5. The predicted octanol–water partition coefficient (Wildman–Crippen LogP) is 1.10. The second-order valence-corrected chi connectivity index (χ2v) is 4.40. The van der Waals surface area contributed by atoms with E-state index in [1.807, 2.05) is 0 Å². The third-order valence-corrected chi connectivity index (χ3v) is 2.85. The third kappa shape index (κ3) is 1.73. The highest BCUT2D eigenvalue weighted by molar-refractivity contribution is 6.17. The van der Waals surface area contributed by atoms with Crippen molar-refractivity contribution in [2.75, 3.05) is 12.1 Å². The summed E-state index contributed by atoms with van der Waals surface area (Å²) in [7, 11) is 1.57. The summed E-state index contributed by atoms with van der Waals surface area (Å²) in [6, 6.07) is 6.91. The van der Waals surface area contributed by atoms with Gasteiger partial charge in [0.15, 0.2) is 0 Å². The van der Waals surface area contributed by atoms with Crippen LogP contribution in [0.5, 0.6) is 5.75 Å². The van der Waals surface area contributed by atoms with E-state index in [-0.39, 0.29) is 11.8 Å². The Morgan fingerprint density at radius 1 is 1.18 bits per heavy atom. The molecule has 5 heteroatoms. The number of rotatable bonds is 2. The van der Waals surface area contributed by atoms with E-state index in [0.29, 0.717) is 11.4 Å². The Morgan fingerprint density at radius 3 is 2.18 bits per heavy atom. The van der Waals surface area contributed by atoms with Gasteiger partial charge in [0.1, 0.15) is 11.2 Å². The minimum Gasteiger partial charge on any atom is -0.497 e. The van der Waals surface area contributed by atoms with E-state index < -0.39 is 5.41 Å². The molecule has 1 saturated heterocycles. The van der Waals surface area contributed by atoms with Crippen LogP contribution in [0.4, 0.5) is 5.69 Å². The molecule has 1 aromatic rings. The fourth-order valence-electron chi connectivity index (χ4n) is 1.58. The van der Waals surface area contributed by atoms with Crippen LogP contribution in [-0.4, -0.2) is 18.9 Å². The number of nitrogens with one attached hydrogen (secondary N) is 1. The van der Waals surface area contributed by atoms with Crippen LogP contribution in [0.15, 0.2) is 24.3 Å². The zero-order chi connectivity index (χ0) is 12.6. The molecular weight excluding hydrogens is 220 g/mol. The van der Waals surface area contributed by atoms with Crippen LogP contribution >= 0.6 is 0 Å². The molecule has 1 aliphatic heterocycles. The number of amides is 2. The summed E-state index contributed by atoms with van der Waals surface area (Å²) < 4.78 is 5.03. The maximum absolute atomic E-state index is 12.0. The zero-order valence-electron chi connectivity index (χ0n) is 9.98. The Kier molecular flexibility index (Phi) is 2.53. The molecule has 90 valence electrons. The van der Waals surface area contributed by atoms with Gasteiger partial charge < -0.3 is 4.74 Å². The average molecular weight is 234 g/mol. The van der Waals surface area contributed by atoms with Crippen molar-refractivity contribution in [3.63, 3.8) is 0 Å². The van der Waals surface area contributed by atoms with Crippen molar-refractivity contribution >= 4 is 17.5 Å². The summed E-state index contributed by atoms with van der Waals surface area (Å²) in [5, 5.41) is 1.27. The van der Waals surface area contributed by atoms with Gasteiger partial charge in [0, 0.05) is 0 Å². The number of hydrazine groups is 1. The number of nitrogens with zero attached hydrogens (tertiary/aromatic N) is 1. The van der Waals surface area contributed by atoms with Crippen molar-refractivity contribution in [1.82, 2.24) is 5.43 Å². The van der Waals surface area contributed by atoms with Gasteiger partial charge in [-0.25, -0.2) is 5.01 Å². The van der Waals surface area contributed by atoms with Gasteiger partial charge >= 0.3 is 0 Å². The molecule has 0 aromatic heterocycles. The molecule has 1 aromatic carbocycles. The molecule has 1 fully saturated rings. The van der Waals surface area contributed by atoms with Gasteiger partial charge in [0.2, 0.25) is 0 Å². The number of carbonyl (C=O) groups is 2. The molecule has 0 bridgehead atoms. The quantitative estimate of drug-likeness (QED) is 0.779. The average Bonchev–Trinajstić information content (AvgIpc) is 2.53. The molecule has 1 N–H and O–H groups in total. The number of hydrogen-bond donors (Lipinski definition) is 1. The monoisotopic (exact) mass is 234 g/mol. The van der Waals surface area contributed by atoms with Gasteiger partial charge in [-0.3, -0.25) is 15.0 Å². The number of hydrogen-bond acceptors (Lipinski definition) is 3. The topological polar surface area (TPSA) is 58.6 Å². The number of methoxy groups -OCH3 is 1. The fraction of sp³-hybridized carbons (Fsp3) is 0.333. The molecule has 2 amide bonds. The van der Waals surface area contributed by atoms with E-state index in [1.165, 1.54) is 5.01 Å². The lowest BCUT2D eigenvalue weighted by atomic mass is 9.93. The van der Waals surface area contributed by atoms with Crippen molar-refractivity contribution in [1.29, 1.82) is 0 Å². The molecule has 1 aliphatic rings. The molecule has 0 unspecified atom stereocenters. The van der Waals surface area contributed by atoms with Crippen molar-refractivity contribution in [3.8, 4) is 5.75 Å². The van der Waals surface area contributed by atoms with Crippen molar-refractivity contribution in [2.45, 2.75) is 13.8 Å². The number of carbonyl (C=O) groups excluding carboxylic acids is 2. The Hall–Kier alpha value is -2.04. The third-order valence-electron chi connectivity index (χ3n) is 2.85. The molecule has 1 heterocycles. The summed E-state index contributed by atoms with van der Waals surface area (Å²) in [5.74, 6) is 0.150. The van der Waals surface area contributed by atoms with E-state index >= 15 is 0 Å².